The summed E-state index contributed by atoms with van der Waals surface area (Å²) in [4.78, 5) is 16.3. The molecule has 2 aromatic carbocycles. The minimum absolute atomic E-state index is 0.165. The molecule has 0 aliphatic heterocycles. The number of carbonyl (C=O) groups is 1. The fraction of sp³-hybridized carbons (Fsp3) is 0.136. The van der Waals surface area contributed by atoms with Crippen LogP contribution in [0.5, 0.6) is 17.2 Å². The van der Waals surface area contributed by atoms with Crippen LogP contribution in [-0.2, 0) is 0 Å². The van der Waals surface area contributed by atoms with E-state index in [4.69, 9.17) is 26.4 Å². The Morgan fingerprint density at radius 2 is 1.59 bits per heavy atom. The second-order valence-electron chi connectivity index (χ2n) is 6.35. The van der Waals surface area contributed by atoms with Crippen LogP contribution in [0, 0.1) is 16.0 Å². The smallest absolute Gasteiger partial charge is 0.203 e. The highest BCUT2D eigenvalue weighted by Gasteiger charge is 2.33. The Balaban J connectivity index is 2.12. The molecular formula is C22H16N2O4S. The van der Waals surface area contributed by atoms with E-state index < -0.39 is 0 Å². The van der Waals surface area contributed by atoms with Crippen molar-refractivity contribution in [3.05, 3.63) is 57.7 Å². The number of hydrogen-bond donors (Lipinski definition) is 1. The predicted octanol–water partition coefficient (Wildman–Crippen LogP) is 4.52. The molecule has 7 heteroatoms. The minimum atomic E-state index is -0.165. The molecule has 1 heterocycles. The van der Waals surface area contributed by atoms with Gasteiger partial charge in [-0.25, -0.2) is 0 Å². The van der Waals surface area contributed by atoms with E-state index >= 15 is 0 Å². The third-order valence-corrected chi connectivity index (χ3v) is 5.26. The van der Waals surface area contributed by atoms with Crippen LogP contribution < -0.4 is 14.2 Å². The van der Waals surface area contributed by atoms with Gasteiger partial charge in [0.2, 0.25) is 5.75 Å². The highest BCUT2D eigenvalue weighted by Crippen LogP contribution is 2.46. The molecule has 29 heavy (non-hydrogen) atoms. The summed E-state index contributed by atoms with van der Waals surface area (Å²) < 4.78 is 16.5. The second kappa shape index (κ2) is 7.08. The van der Waals surface area contributed by atoms with Gasteiger partial charge in [-0.05, 0) is 17.7 Å². The molecule has 6 nitrogen and oxygen atoms in total. The van der Waals surface area contributed by atoms with E-state index in [0.717, 1.165) is 5.56 Å². The van der Waals surface area contributed by atoms with Gasteiger partial charge in [0.25, 0.3) is 0 Å². The van der Waals surface area contributed by atoms with Gasteiger partial charge in [-0.3, -0.25) is 4.79 Å². The molecule has 1 aliphatic rings. The SMILES string of the molecule is COc1cc(-c2c3c([nH]c(=S)c2C#N)-c2ccccc2C3=O)cc(OC)c1OC. The first-order valence-corrected chi connectivity index (χ1v) is 9.11. The maximum atomic E-state index is 13.2. The van der Waals surface area contributed by atoms with E-state index in [2.05, 4.69) is 11.1 Å². The highest BCUT2D eigenvalue weighted by atomic mass is 32.1. The summed E-state index contributed by atoms with van der Waals surface area (Å²) in [5.74, 6) is 1.09. The van der Waals surface area contributed by atoms with Crippen LogP contribution in [0.1, 0.15) is 21.5 Å². The average Bonchev–Trinajstić information content (AvgIpc) is 3.03. The van der Waals surface area contributed by atoms with E-state index in [1.807, 2.05) is 18.2 Å². The van der Waals surface area contributed by atoms with Crippen LogP contribution in [0.25, 0.3) is 22.4 Å². The summed E-state index contributed by atoms with van der Waals surface area (Å²) in [5, 5.41) is 9.81. The molecule has 0 fully saturated rings. The molecule has 3 aromatic rings. The first-order chi connectivity index (χ1) is 14.0. The fourth-order valence-corrected chi connectivity index (χ4v) is 3.94. The average molecular weight is 404 g/mol. The summed E-state index contributed by atoms with van der Waals surface area (Å²) in [7, 11) is 4.53. The molecule has 1 aliphatic carbocycles. The zero-order chi connectivity index (χ0) is 20.7. The molecule has 0 atom stereocenters. The number of ketones is 1. The molecule has 0 radical (unpaired) electrons. The first-order valence-electron chi connectivity index (χ1n) is 8.70. The van der Waals surface area contributed by atoms with Crippen LogP contribution in [0.2, 0.25) is 0 Å². The van der Waals surface area contributed by atoms with Crippen molar-refractivity contribution in [2.75, 3.05) is 21.3 Å². The number of carbonyl (C=O) groups excluding carboxylic acids is 1. The van der Waals surface area contributed by atoms with E-state index in [1.54, 1.807) is 18.2 Å². The number of pyridine rings is 1. The van der Waals surface area contributed by atoms with Crippen LogP contribution >= 0.6 is 12.2 Å². The van der Waals surface area contributed by atoms with Gasteiger partial charge in [-0.2, -0.15) is 5.26 Å². The number of methoxy groups -OCH3 is 3. The van der Waals surface area contributed by atoms with Gasteiger partial charge >= 0.3 is 0 Å². The molecule has 0 unspecified atom stereocenters. The molecule has 1 N–H and O–H groups in total. The first kappa shape index (κ1) is 18.7. The highest BCUT2D eigenvalue weighted by molar-refractivity contribution is 7.71. The number of hydrogen-bond acceptors (Lipinski definition) is 6. The third kappa shape index (κ3) is 2.69. The van der Waals surface area contributed by atoms with Gasteiger partial charge in [0.05, 0.1) is 38.2 Å². The van der Waals surface area contributed by atoms with Gasteiger partial charge in [0.15, 0.2) is 17.3 Å². The van der Waals surface area contributed by atoms with E-state index in [1.165, 1.54) is 21.3 Å². The molecule has 0 spiro atoms. The number of nitrogens with one attached hydrogen (secondary N) is 1. The lowest BCUT2D eigenvalue weighted by Crippen LogP contribution is -2.04. The summed E-state index contributed by atoms with van der Waals surface area (Å²) in [6.07, 6.45) is 0. The van der Waals surface area contributed by atoms with Crippen molar-refractivity contribution in [3.8, 4) is 45.7 Å². The van der Waals surface area contributed by atoms with Crippen molar-refractivity contribution < 1.29 is 19.0 Å². The summed E-state index contributed by atoms with van der Waals surface area (Å²) in [6.45, 7) is 0. The quantitative estimate of drug-likeness (QED) is 0.504. The number of aromatic nitrogens is 1. The van der Waals surface area contributed by atoms with Gasteiger partial charge in [-0.15, -0.1) is 0 Å². The Kier molecular flexibility index (Phi) is 4.57. The number of rotatable bonds is 4. The summed E-state index contributed by atoms with van der Waals surface area (Å²) in [6, 6.07) is 12.8. The predicted molar refractivity (Wildman–Crippen MR) is 110 cm³/mol. The fourth-order valence-electron chi connectivity index (χ4n) is 3.69. The van der Waals surface area contributed by atoms with Gasteiger partial charge in [0.1, 0.15) is 10.7 Å². The molecule has 0 amide bonds. The largest absolute Gasteiger partial charge is 0.493 e. The van der Waals surface area contributed by atoms with Crippen molar-refractivity contribution in [1.29, 1.82) is 5.26 Å². The Labute approximate surface area is 172 Å². The topological polar surface area (TPSA) is 84.3 Å². The number of H-pyrrole nitrogens is 1. The number of nitrogens with zero attached hydrogens (tertiary/aromatic N) is 1. The molecular weight excluding hydrogens is 388 g/mol. The minimum Gasteiger partial charge on any atom is -0.493 e. The van der Waals surface area contributed by atoms with E-state index in [9.17, 15) is 10.1 Å². The van der Waals surface area contributed by atoms with Crippen LogP contribution in [0.15, 0.2) is 36.4 Å². The van der Waals surface area contributed by atoms with Crippen molar-refractivity contribution >= 4 is 18.0 Å². The Bertz CT molecular complexity index is 1250. The van der Waals surface area contributed by atoms with Gasteiger partial charge < -0.3 is 19.2 Å². The van der Waals surface area contributed by atoms with Crippen molar-refractivity contribution in [3.63, 3.8) is 0 Å². The third-order valence-electron chi connectivity index (χ3n) is 4.95. The molecule has 0 saturated carbocycles. The summed E-state index contributed by atoms with van der Waals surface area (Å²) >= 11 is 5.44. The van der Waals surface area contributed by atoms with Gasteiger partial charge in [0, 0.05) is 16.7 Å². The Morgan fingerprint density at radius 3 is 2.14 bits per heavy atom. The molecule has 1 aromatic heterocycles. The molecule has 0 bridgehead atoms. The zero-order valence-electron chi connectivity index (χ0n) is 16.0. The second-order valence-corrected chi connectivity index (χ2v) is 6.76. The maximum absolute atomic E-state index is 13.2. The Hall–Kier alpha value is -3.63. The number of fused-ring (bicyclic) bond motifs is 3. The van der Waals surface area contributed by atoms with Crippen molar-refractivity contribution in [2.24, 2.45) is 0 Å². The monoisotopic (exact) mass is 404 g/mol. The zero-order valence-corrected chi connectivity index (χ0v) is 16.8. The Morgan fingerprint density at radius 1 is 0.966 bits per heavy atom. The van der Waals surface area contributed by atoms with Gasteiger partial charge in [-0.1, -0.05) is 36.5 Å². The number of benzene rings is 2. The van der Waals surface area contributed by atoms with Crippen LogP contribution in [0.3, 0.4) is 0 Å². The van der Waals surface area contributed by atoms with Crippen molar-refractivity contribution in [1.82, 2.24) is 4.98 Å². The van der Waals surface area contributed by atoms with Crippen molar-refractivity contribution in [2.45, 2.75) is 0 Å². The molecule has 144 valence electrons. The lowest BCUT2D eigenvalue weighted by Gasteiger charge is -2.16. The maximum Gasteiger partial charge on any atom is 0.203 e. The lowest BCUT2D eigenvalue weighted by molar-refractivity contribution is 0.104. The lowest BCUT2D eigenvalue weighted by atomic mass is 9.93. The number of nitriles is 1. The van der Waals surface area contributed by atoms with E-state index in [-0.39, 0.29) is 16.0 Å². The normalized spacial score (nSPS) is 11.4. The van der Waals surface area contributed by atoms with Crippen LogP contribution in [0.4, 0.5) is 0 Å². The van der Waals surface area contributed by atoms with E-state index in [0.29, 0.717) is 45.2 Å². The van der Waals surface area contributed by atoms with Crippen LogP contribution in [-0.4, -0.2) is 32.1 Å². The number of ether oxygens (including phenoxy) is 3. The standard InChI is InChI=1S/C22H16N2O4S/c1-26-15-8-11(9-16(27-2)21(15)28-3)17-14(10-23)22(29)24-19-12-6-4-5-7-13(12)20(25)18(17)19/h4-9H,1-3H3,(H,24,29). The molecule has 0 saturated heterocycles. The summed E-state index contributed by atoms with van der Waals surface area (Å²) in [5.41, 5.74) is 3.59. The number of aromatic amines is 1. The molecule has 4 rings (SSSR count).